The molecule has 0 N–H and O–H groups in total. The lowest BCUT2D eigenvalue weighted by Gasteiger charge is -2.29. The molecule has 0 unspecified atom stereocenters. The Morgan fingerprint density at radius 1 is 0.931 bits per heavy atom. The maximum absolute atomic E-state index is 11.7. The summed E-state index contributed by atoms with van der Waals surface area (Å²) < 4.78 is 0. The Balaban J connectivity index is 0.000000169. The molecule has 0 saturated heterocycles. The van der Waals surface area contributed by atoms with E-state index >= 15 is 0 Å². The number of nitrogens with zero attached hydrogens (tertiary/aromatic N) is 3. The van der Waals surface area contributed by atoms with Crippen LogP contribution in [0.3, 0.4) is 0 Å². The maximum Gasteiger partial charge on any atom is 0.253 e. The van der Waals surface area contributed by atoms with E-state index in [1.165, 1.54) is 33.5 Å². The first kappa shape index (κ1) is 20.8. The standard InChI is InChI=1S/C14H18N2.C11H13NO/c1-9(2)14-12-7-6-10(3)8-13(12)15-11(4)16(14)5;1-8-3-4-10-9(7-8)5-6-12(2)11(10)13/h6-8H,1-5H3;3-4,7H,5-6H2,1-2H3. The first-order valence-corrected chi connectivity index (χ1v) is 10.1. The van der Waals surface area contributed by atoms with Crippen LogP contribution in [0.15, 0.2) is 47.0 Å². The number of amides is 1. The third-order valence-corrected chi connectivity index (χ3v) is 5.54. The van der Waals surface area contributed by atoms with Crippen LogP contribution in [-0.4, -0.2) is 42.2 Å². The van der Waals surface area contributed by atoms with Gasteiger partial charge in [0.1, 0.15) is 5.84 Å². The van der Waals surface area contributed by atoms with Crippen LogP contribution in [0.4, 0.5) is 5.69 Å². The van der Waals surface area contributed by atoms with Gasteiger partial charge in [-0.1, -0.05) is 35.4 Å². The quantitative estimate of drug-likeness (QED) is 0.608. The third kappa shape index (κ3) is 4.26. The molecule has 2 aliphatic rings. The van der Waals surface area contributed by atoms with Crippen LogP contribution in [0.25, 0.3) is 5.70 Å². The summed E-state index contributed by atoms with van der Waals surface area (Å²) in [6.07, 6.45) is 0.985. The number of aliphatic imine (C=N–C) groups is 1. The molecule has 4 rings (SSSR count). The zero-order chi connectivity index (χ0) is 21.3. The van der Waals surface area contributed by atoms with E-state index in [-0.39, 0.29) is 5.91 Å². The fourth-order valence-electron chi connectivity index (χ4n) is 3.86. The minimum absolute atomic E-state index is 0.154. The van der Waals surface area contributed by atoms with E-state index < -0.39 is 0 Å². The number of hydrogen-bond acceptors (Lipinski definition) is 3. The number of aryl methyl sites for hydroxylation is 2. The molecular weight excluding hydrogens is 358 g/mol. The minimum Gasteiger partial charge on any atom is -0.341 e. The molecule has 0 saturated carbocycles. The summed E-state index contributed by atoms with van der Waals surface area (Å²) in [5.41, 5.74) is 9.49. The molecule has 0 aromatic heterocycles. The molecule has 0 radical (unpaired) electrons. The van der Waals surface area contributed by atoms with Gasteiger partial charge in [-0.2, -0.15) is 0 Å². The van der Waals surface area contributed by atoms with Gasteiger partial charge in [-0.05, 0) is 64.3 Å². The normalized spacial score (nSPS) is 15.2. The SMILES string of the molecule is CC1=Nc2cc(C)ccc2C(=C(C)C)N1C.Cc1ccc2c(c1)CCN(C)C2=O. The monoisotopic (exact) mass is 389 g/mol. The number of rotatable bonds is 0. The highest BCUT2D eigenvalue weighted by Gasteiger charge is 2.21. The van der Waals surface area contributed by atoms with E-state index in [9.17, 15) is 4.79 Å². The van der Waals surface area contributed by atoms with Crippen LogP contribution in [0.5, 0.6) is 0 Å². The molecule has 0 atom stereocenters. The average molecular weight is 390 g/mol. The molecule has 1 amide bonds. The Bertz CT molecular complexity index is 1010. The van der Waals surface area contributed by atoms with Crippen molar-refractivity contribution < 1.29 is 4.79 Å². The Morgan fingerprint density at radius 3 is 2.21 bits per heavy atom. The molecular formula is C25H31N3O. The smallest absolute Gasteiger partial charge is 0.253 e. The van der Waals surface area contributed by atoms with E-state index in [1.54, 1.807) is 4.90 Å². The number of carbonyl (C=O) groups is 1. The van der Waals surface area contributed by atoms with Crippen LogP contribution >= 0.6 is 0 Å². The molecule has 0 spiro atoms. The fraction of sp³-hybridized carbons (Fsp3) is 0.360. The van der Waals surface area contributed by atoms with Gasteiger partial charge in [-0.25, -0.2) is 4.99 Å². The molecule has 4 nitrogen and oxygen atoms in total. The second kappa shape index (κ2) is 8.24. The van der Waals surface area contributed by atoms with E-state index in [0.717, 1.165) is 30.1 Å². The summed E-state index contributed by atoms with van der Waals surface area (Å²) >= 11 is 0. The lowest BCUT2D eigenvalue weighted by atomic mass is 9.97. The van der Waals surface area contributed by atoms with Gasteiger partial charge in [0.15, 0.2) is 0 Å². The van der Waals surface area contributed by atoms with Gasteiger partial charge in [0, 0.05) is 37.5 Å². The van der Waals surface area contributed by atoms with Gasteiger partial charge in [-0.15, -0.1) is 0 Å². The molecule has 2 aromatic rings. The first-order valence-electron chi connectivity index (χ1n) is 10.1. The Kier molecular flexibility index (Phi) is 5.92. The molecule has 29 heavy (non-hydrogen) atoms. The Morgan fingerprint density at radius 2 is 1.55 bits per heavy atom. The predicted molar refractivity (Wildman–Crippen MR) is 122 cm³/mol. The number of allylic oxidation sites excluding steroid dienone is 1. The lowest BCUT2D eigenvalue weighted by molar-refractivity contribution is 0.0781. The average Bonchev–Trinajstić information content (AvgIpc) is 2.66. The van der Waals surface area contributed by atoms with Crippen molar-refractivity contribution in [3.8, 4) is 0 Å². The van der Waals surface area contributed by atoms with Crippen molar-refractivity contribution >= 4 is 23.1 Å². The van der Waals surface area contributed by atoms with E-state index in [4.69, 9.17) is 0 Å². The van der Waals surface area contributed by atoms with Crippen molar-refractivity contribution in [3.63, 3.8) is 0 Å². The zero-order valence-electron chi connectivity index (χ0n) is 18.6. The molecule has 2 aromatic carbocycles. The van der Waals surface area contributed by atoms with Gasteiger partial charge in [0.05, 0.1) is 5.69 Å². The van der Waals surface area contributed by atoms with Crippen molar-refractivity contribution in [2.24, 2.45) is 4.99 Å². The Labute approximate surface area is 174 Å². The highest BCUT2D eigenvalue weighted by atomic mass is 16.2. The number of likely N-dealkylation sites (N-methyl/N-ethyl adjacent to an activating group) is 1. The van der Waals surface area contributed by atoms with Crippen molar-refractivity contribution in [2.75, 3.05) is 20.6 Å². The van der Waals surface area contributed by atoms with E-state index in [1.807, 2.05) is 26.1 Å². The summed E-state index contributed by atoms with van der Waals surface area (Å²) in [7, 11) is 3.93. The summed E-state index contributed by atoms with van der Waals surface area (Å²) in [4.78, 5) is 20.2. The first-order chi connectivity index (χ1) is 13.7. The minimum atomic E-state index is 0.154. The highest BCUT2D eigenvalue weighted by molar-refractivity contribution is 5.97. The predicted octanol–water partition coefficient (Wildman–Crippen LogP) is 5.36. The molecule has 0 aliphatic carbocycles. The summed E-state index contributed by atoms with van der Waals surface area (Å²) in [6.45, 7) is 11.3. The maximum atomic E-state index is 11.7. The van der Waals surface area contributed by atoms with Crippen molar-refractivity contribution in [3.05, 3.63) is 69.8 Å². The fourth-order valence-corrected chi connectivity index (χ4v) is 3.86. The van der Waals surface area contributed by atoms with Crippen molar-refractivity contribution in [1.29, 1.82) is 0 Å². The molecule has 0 fully saturated rings. The zero-order valence-corrected chi connectivity index (χ0v) is 18.6. The Hall–Kier alpha value is -2.88. The number of hydrogen-bond donors (Lipinski definition) is 0. The molecule has 2 aliphatic heterocycles. The van der Waals surface area contributed by atoms with Gasteiger partial charge in [-0.3, -0.25) is 4.79 Å². The number of fused-ring (bicyclic) bond motifs is 2. The van der Waals surface area contributed by atoms with Crippen molar-refractivity contribution in [1.82, 2.24) is 9.80 Å². The molecule has 0 bridgehead atoms. The molecule has 2 heterocycles. The van der Waals surface area contributed by atoms with Crippen LogP contribution in [0, 0.1) is 13.8 Å². The second-order valence-electron chi connectivity index (χ2n) is 8.22. The molecule has 4 heteroatoms. The van der Waals surface area contributed by atoms with Crippen molar-refractivity contribution in [2.45, 2.75) is 41.0 Å². The number of carbonyl (C=O) groups excluding carboxylic acids is 1. The highest BCUT2D eigenvalue weighted by Crippen LogP contribution is 2.35. The summed E-state index contributed by atoms with van der Waals surface area (Å²) in [5.74, 6) is 1.20. The summed E-state index contributed by atoms with van der Waals surface area (Å²) in [6, 6.07) is 12.5. The van der Waals surface area contributed by atoms with Gasteiger partial charge < -0.3 is 9.80 Å². The van der Waals surface area contributed by atoms with E-state index in [2.05, 4.69) is 68.9 Å². The summed E-state index contributed by atoms with van der Waals surface area (Å²) in [5, 5.41) is 0. The topological polar surface area (TPSA) is 35.9 Å². The van der Waals surface area contributed by atoms with Crippen LogP contribution in [0.1, 0.15) is 53.4 Å². The van der Waals surface area contributed by atoms with Crippen LogP contribution in [0.2, 0.25) is 0 Å². The molecule has 152 valence electrons. The van der Waals surface area contributed by atoms with Gasteiger partial charge in [0.25, 0.3) is 5.91 Å². The number of benzene rings is 2. The van der Waals surface area contributed by atoms with Gasteiger partial charge >= 0.3 is 0 Å². The van der Waals surface area contributed by atoms with Crippen LogP contribution < -0.4 is 0 Å². The largest absolute Gasteiger partial charge is 0.341 e. The van der Waals surface area contributed by atoms with Crippen LogP contribution in [-0.2, 0) is 6.42 Å². The number of amidine groups is 1. The van der Waals surface area contributed by atoms with Gasteiger partial charge in [0.2, 0.25) is 0 Å². The lowest BCUT2D eigenvalue weighted by Crippen LogP contribution is -2.34. The van der Waals surface area contributed by atoms with E-state index in [0.29, 0.717) is 0 Å². The second-order valence-corrected chi connectivity index (χ2v) is 8.22. The third-order valence-electron chi connectivity index (χ3n) is 5.54.